The highest BCUT2D eigenvalue weighted by atomic mass is 14.2. The molecule has 0 aromatic heterocycles. The van der Waals surface area contributed by atoms with Crippen molar-refractivity contribution in [3.05, 3.63) is 107 Å². The molecule has 0 unspecified atom stereocenters. The molecule has 25 heavy (non-hydrogen) atoms. The molecule has 0 saturated carbocycles. The summed E-state index contributed by atoms with van der Waals surface area (Å²) in [4.78, 5) is 0. The van der Waals surface area contributed by atoms with E-state index in [2.05, 4.69) is 17.9 Å². The van der Waals surface area contributed by atoms with Crippen molar-refractivity contribution in [2.24, 2.45) is 0 Å². The quantitative estimate of drug-likeness (QED) is 0.349. The zero-order valence-electron chi connectivity index (χ0n) is 14.0. The first kappa shape index (κ1) is 16.3. The molecule has 0 aliphatic heterocycles. The second-order valence-corrected chi connectivity index (χ2v) is 5.77. The van der Waals surface area contributed by atoms with Gasteiger partial charge in [-0.1, -0.05) is 72.0 Å². The summed E-state index contributed by atoms with van der Waals surface area (Å²) in [5.74, 6) is 6.30. The average Bonchev–Trinajstić information content (AvgIpc) is 2.67. The molecule has 0 bridgehead atoms. The molecular formula is C24H17N. The van der Waals surface area contributed by atoms with E-state index in [-0.39, 0.29) is 0 Å². The van der Waals surface area contributed by atoms with E-state index in [1.54, 1.807) is 0 Å². The van der Waals surface area contributed by atoms with Gasteiger partial charge >= 0.3 is 0 Å². The maximum Gasteiger partial charge on any atom is 0.0998 e. The van der Waals surface area contributed by atoms with E-state index in [1.165, 1.54) is 5.56 Å². The van der Waals surface area contributed by atoms with E-state index in [0.717, 1.165) is 22.3 Å². The van der Waals surface area contributed by atoms with Gasteiger partial charge in [-0.05, 0) is 48.4 Å². The largest absolute Gasteiger partial charge is 0.192 e. The van der Waals surface area contributed by atoms with Crippen LogP contribution in [0, 0.1) is 30.1 Å². The van der Waals surface area contributed by atoms with E-state index in [1.807, 2.05) is 91.9 Å². The van der Waals surface area contributed by atoms with Crippen LogP contribution < -0.4 is 0 Å². The fourth-order valence-electron chi connectivity index (χ4n) is 2.41. The lowest BCUT2D eigenvalue weighted by atomic mass is 10.0. The van der Waals surface area contributed by atoms with Crippen LogP contribution in [0.2, 0.25) is 0 Å². The van der Waals surface area contributed by atoms with Gasteiger partial charge in [0.15, 0.2) is 0 Å². The molecule has 0 saturated heterocycles. The molecule has 0 spiro atoms. The molecular weight excluding hydrogens is 302 g/mol. The Morgan fingerprint density at radius 2 is 1.36 bits per heavy atom. The van der Waals surface area contributed by atoms with Crippen LogP contribution in [0.4, 0.5) is 0 Å². The standard InChI is InChI=1S/C24H17N/c1-19-7-15-23(16-8-19)24(18-25)17-22-13-11-21(12-14-22)10-9-20-5-3-2-4-6-20/h2-8,11-17H,1H3/b24-17+. The van der Waals surface area contributed by atoms with E-state index >= 15 is 0 Å². The Morgan fingerprint density at radius 3 is 1.96 bits per heavy atom. The van der Waals surface area contributed by atoms with Gasteiger partial charge in [-0.15, -0.1) is 0 Å². The molecule has 0 aliphatic rings. The maximum atomic E-state index is 9.43. The number of nitriles is 1. The van der Waals surface area contributed by atoms with Crippen molar-refractivity contribution < 1.29 is 0 Å². The number of aryl methyl sites for hydroxylation is 1. The second kappa shape index (κ2) is 7.82. The summed E-state index contributed by atoms with van der Waals surface area (Å²) in [7, 11) is 0. The molecule has 0 fully saturated rings. The highest BCUT2D eigenvalue weighted by molar-refractivity contribution is 5.89. The Labute approximate surface area is 148 Å². The lowest BCUT2D eigenvalue weighted by Gasteiger charge is -2.01. The van der Waals surface area contributed by atoms with Crippen LogP contribution in [0.25, 0.3) is 11.6 Å². The smallest absolute Gasteiger partial charge is 0.0998 e. The number of nitrogens with zero attached hydrogens (tertiary/aromatic N) is 1. The van der Waals surface area contributed by atoms with Crippen LogP contribution in [0.5, 0.6) is 0 Å². The predicted molar refractivity (Wildman–Crippen MR) is 104 cm³/mol. The SMILES string of the molecule is Cc1ccc(/C(C#N)=C/c2ccc(C#Cc3ccccc3)cc2)cc1. The van der Waals surface area contributed by atoms with Gasteiger partial charge in [0.05, 0.1) is 11.6 Å². The highest BCUT2D eigenvalue weighted by Crippen LogP contribution is 2.18. The highest BCUT2D eigenvalue weighted by Gasteiger charge is 2.00. The minimum absolute atomic E-state index is 0.656. The number of rotatable bonds is 2. The zero-order chi connectivity index (χ0) is 17.5. The third-order valence-electron chi connectivity index (χ3n) is 3.83. The van der Waals surface area contributed by atoms with Crippen LogP contribution in [-0.4, -0.2) is 0 Å². The fourth-order valence-corrected chi connectivity index (χ4v) is 2.41. The molecule has 0 heterocycles. The van der Waals surface area contributed by atoms with Gasteiger partial charge in [0.1, 0.15) is 0 Å². The van der Waals surface area contributed by atoms with Gasteiger partial charge in [0, 0.05) is 11.1 Å². The molecule has 1 heteroatoms. The van der Waals surface area contributed by atoms with E-state index in [0.29, 0.717) is 5.57 Å². The van der Waals surface area contributed by atoms with E-state index < -0.39 is 0 Å². The molecule has 0 aliphatic carbocycles. The molecule has 0 radical (unpaired) electrons. The first-order chi connectivity index (χ1) is 12.2. The minimum atomic E-state index is 0.656. The summed E-state index contributed by atoms with van der Waals surface area (Å²) in [5.41, 5.74) is 5.71. The summed E-state index contributed by atoms with van der Waals surface area (Å²) in [5, 5.41) is 9.43. The van der Waals surface area contributed by atoms with Crippen molar-refractivity contribution in [3.63, 3.8) is 0 Å². The summed E-state index contributed by atoms with van der Waals surface area (Å²) in [6.45, 7) is 2.04. The lowest BCUT2D eigenvalue weighted by molar-refractivity contribution is 1.45. The van der Waals surface area contributed by atoms with Gasteiger partial charge in [-0.3, -0.25) is 0 Å². The van der Waals surface area contributed by atoms with Crippen LogP contribution in [0.1, 0.15) is 27.8 Å². The average molecular weight is 319 g/mol. The third-order valence-corrected chi connectivity index (χ3v) is 3.83. The van der Waals surface area contributed by atoms with Gasteiger partial charge in [-0.2, -0.15) is 5.26 Å². The van der Waals surface area contributed by atoms with Crippen LogP contribution in [0.15, 0.2) is 78.9 Å². The molecule has 3 rings (SSSR count). The van der Waals surface area contributed by atoms with E-state index in [9.17, 15) is 5.26 Å². The Morgan fingerprint density at radius 1 is 0.760 bits per heavy atom. The second-order valence-electron chi connectivity index (χ2n) is 5.77. The molecule has 0 atom stereocenters. The summed E-state index contributed by atoms with van der Waals surface area (Å²) in [6, 6.07) is 28.1. The summed E-state index contributed by atoms with van der Waals surface area (Å²) >= 11 is 0. The van der Waals surface area contributed by atoms with Crippen LogP contribution >= 0.6 is 0 Å². The summed E-state index contributed by atoms with van der Waals surface area (Å²) < 4.78 is 0. The van der Waals surface area contributed by atoms with Crippen LogP contribution in [0.3, 0.4) is 0 Å². The third kappa shape index (κ3) is 4.47. The van der Waals surface area contributed by atoms with Crippen molar-refractivity contribution in [3.8, 4) is 17.9 Å². The number of allylic oxidation sites excluding steroid dienone is 1. The normalized spacial score (nSPS) is 10.5. The lowest BCUT2D eigenvalue weighted by Crippen LogP contribution is -1.83. The monoisotopic (exact) mass is 319 g/mol. The molecule has 0 amide bonds. The van der Waals surface area contributed by atoms with Gasteiger partial charge in [-0.25, -0.2) is 0 Å². The number of benzene rings is 3. The molecule has 3 aromatic rings. The Kier molecular flexibility index (Phi) is 5.10. The Balaban J connectivity index is 1.81. The van der Waals surface area contributed by atoms with Crippen molar-refractivity contribution in [1.29, 1.82) is 5.26 Å². The van der Waals surface area contributed by atoms with Crippen molar-refractivity contribution in [2.75, 3.05) is 0 Å². The predicted octanol–water partition coefficient (Wildman–Crippen LogP) is 5.46. The first-order valence-corrected chi connectivity index (χ1v) is 8.10. The number of hydrogen-bond acceptors (Lipinski definition) is 1. The molecule has 1 nitrogen and oxygen atoms in total. The van der Waals surface area contributed by atoms with Crippen molar-refractivity contribution in [2.45, 2.75) is 6.92 Å². The first-order valence-electron chi connectivity index (χ1n) is 8.10. The summed E-state index contributed by atoms with van der Waals surface area (Å²) in [6.07, 6.45) is 1.90. The van der Waals surface area contributed by atoms with Gasteiger partial charge in [0.25, 0.3) is 0 Å². The number of hydrogen-bond donors (Lipinski definition) is 0. The molecule has 0 N–H and O–H groups in total. The Bertz CT molecular complexity index is 974. The van der Waals surface area contributed by atoms with E-state index in [4.69, 9.17) is 0 Å². The fraction of sp³-hybridized carbons (Fsp3) is 0.0417. The maximum absolute atomic E-state index is 9.43. The minimum Gasteiger partial charge on any atom is -0.192 e. The topological polar surface area (TPSA) is 23.8 Å². The van der Waals surface area contributed by atoms with Gasteiger partial charge in [0.2, 0.25) is 0 Å². The zero-order valence-corrected chi connectivity index (χ0v) is 14.0. The van der Waals surface area contributed by atoms with Gasteiger partial charge < -0.3 is 0 Å². The Hall–Kier alpha value is -3.55. The molecule has 118 valence electrons. The van der Waals surface area contributed by atoms with Crippen LogP contribution in [-0.2, 0) is 0 Å². The van der Waals surface area contributed by atoms with Crippen molar-refractivity contribution >= 4 is 11.6 Å². The molecule has 3 aromatic carbocycles. The van der Waals surface area contributed by atoms with Crippen molar-refractivity contribution in [1.82, 2.24) is 0 Å².